The van der Waals surface area contributed by atoms with Crippen LogP contribution in [0.4, 0.5) is 0 Å². The summed E-state index contributed by atoms with van der Waals surface area (Å²) in [6.07, 6.45) is 0.640. The average Bonchev–Trinajstić information content (AvgIpc) is 2.54. The largest absolute Gasteiger partial charge is 0.508 e. The number of aromatic hydroxyl groups is 1. The Bertz CT molecular complexity index is 633. The number of methoxy groups -OCH3 is 2. The van der Waals surface area contributed by atoms with Crippen LogP contribution in [0.5, 0.6) is 17.2 Å². The van der Waals surface area contributed by atoms with Gasteiger partial charge in [-0.25, -0.2) is 0 Å². The Kier molecular flexibility index (Phi) is 5.25. The predicted octanol–water partition coefficient (Wildman–Crippen LogP) is 2.38. The molecule has 0 atom stereocenters. The van der Waals surface area contributed by atoms with Crippen LogP contribution in [0.1, 0.15) is 15.9 Å². The van der Waals surface area contributed by atoms with E-state index in [2.05, 4.69) is 5.32 Å². The van der Waals surface area contributed by atoms with Gasteiger partial charge in [0.1, 0.15) is 17.2 Å². The summed E-state index contributed by atoms with van der Waals surface area (Å²) in [5.74, 6) is 1.16. The minimum Gasteiger partial charge on any atom is -0.508 e. The molecule has 0 spiro atoms. The molecule has 0 heterocycles. The number of carbonyl (C=O) groups is 1. The van der Waals surface area contributed by atoms with Gasteiger partial charge < -0.3 is 19.9 Å². The molecule has 2 aromatic rings. The number of carbonyl (C=O) groups excluding carboxylic acids is 1. The Labute approximate surface area is 129 Å². The first-order valence-electron chi connectivity index (χ1n) is 6.91. The lowest BCUT2D eigenvalue weighted by molar-refractivity contribution is 0.0953. The minimum absolute atomic E-state index is 0.197. The monoisotopic (exact) mass is 301 g/mol. The molecule has 0 saturated carbocycles. The number of phenolic OH excluding ortho intramolecular Hbond substituents is 1. The van der Waals surface area contributed by atoms with Crippen LogP contribution in [0.15, 0.2) is 42.5 Å². The zero-order valence-corrected chi connectivity index (χ0v) is 12.6. The summed E-state index contributed by atoms with van der Waals surface area (Å²) >= 11 is 0. The Morgan fingerprint density at radius 1 is 1.09 bits per heavy atom. The first-order valence-corrected chi connectivity index (χ1v) is 6.91. The molecule has 0 aliphatic heterocycles. The van der Waals surface area contributed by atoms with E-state index in [1.807, 2.05) is 6.07 Å². The average molecular weight is 301 g/mol. The van der Waals surface area contributed by atoms with Gasteiger partial charge in [0.2, 0.25) is 0 Å². The molecule has 5 heteroatoms. The van der Waals surface area contributed by atoms with Gasteiger partial charge in [-0.2, -0.15) is 0 Å². The fourth-order valence-electron chi connectivity index (χ4n) is 2.07. The summed E-state index contributed by atoms with van der Waals surface area (Å²) in [6.45, 7) is 0.474. The summed E-state index contributed by atoms with van der Waals surface area (Å²) in [5.41, 5.74) is 1.44. The Morgan fingerprint density at radius 3 is 2.36 bits per heavy atom. The SMILES string of the molecule is COc1cc(OC)cc(C(=O)NCCc2cccc(O)c2)c1. The van der Waals surface area contributed by atoms with Gasteiger partial charge in [0.15, 0.2) is 0 Å². The summed E-state index contributed by atoms with van der Waals surface area (Å²) < 4.78 is 10.3. The van der Waals surface area contributed by atoms with Gasteiger partial charge in [0.05, 0.1) is 14.2 Å². The highest BCUT2D eigenvalue weighted by Crippen LogP contribution is 2.22. The van der Waals surface area contributed by atoms with Crippen molar-refractivity contribution >= 4 is 5.91 Å². The maximum absolute atomic E-state index is 12.2. The predicted molar refractivity (Wildman–Crippen MR) is 83.7 cm³/mol. The first kappa shape index (κ1) is 15.7. The molecule has 2 N–H and O–H groups in total. The van der Waals surface area contributed by atoms with Crippen molar-refractivity contribution in [1.82, 2.24) is 5.32 Å². The lowest BCUT2D eigenvalue weighted by Crippen LogP contribution is -2.25. The van der Waals surface area contributed by atoms with Crippen LogP contribution in [-0.4, -0.2) is 31.8 Å². The van der Waals surface area contributed by atoms with E-state index in [0.717, 1.165) is 5.56 Å². The van der Waals surface area contributed by atoms with Crippen LogP contribution in [0.3, 0.4) is 0 Å². The third kappa shape index (κ3) is 4.15. The van der Waals surface area contributed by atoms with Crippen LogP contribution in [-0.2, 0) is 6.42 Å². The third-order valence-corrected chi connectivity index (χ3v) is 3.22. The van der Waals surface area contributed by atoms with Crippen LogP contribution in [0.25, 0.3) is 0 Å². The first-order chi connectivity index (χ1) is 10.6. The Morgan fingerprint density at radius 2 is 1.77 bits per heavy atom. The van der Waals surface area contributed by atoms with Gasteiger partial charge in [-0.15, -0.1) is 0 Å². The van der Waals surface area contributed by atoms with E-state index in [-0.39, 0.29) is 11.7 Å². The van der Waals surface area contributed by atoms with Crippen LogP contribution < -0.4 is 14.8 Å². The van der Waals surface area contributed by atoms with Gasteiger partial charge in [-0.1, -0.05) is 12.1 Å². The molecule has 0 radical (unpaired) electrons. The van der Waals surface area contributed by atoms with E-state index < -0.39 is 0 Å². The van der Waals surface area contributed by atoms with E-state index >= 15 is 0 Å². The van der Waals surface area contributed by atoms with Crippen molar-refractivity contribution in [3.63, 3.8) is 0 Å². The zero-order chi connectivity index (χ0) is 15.9. The number of amides is 1. The number of hydrogen-bond acceptors (Lipinski definition) is 4. The summed E-state index contributed by atoms with van der Waals surface area (Å²) in [7, 11) is 3.08. The van der Waals surface area contributed by atoms with Gasteiger partial charge >= 0.3 is 0 Å². The number of ether oxygens (including phenoxy) is 2. The molecule has 2 rings (SSSR count). The second-order valence-electron chi connectivity index (χ2n) is 4.78. The van der Waals surface area contributed by atoms with Gasteiger partial charge in [-0.3, -0.25) is 4.79 Å². The second-order valence-corrected chi connectivity index (χ2v) is 4.78. The number of phenols is 1. The van der Waals surface area contributed by atoms with Crippen molar-refractivity contribution in [2.24, 2.45) is 0 Å². The highest BCUT2D eigenvalue weighted by atomic mass is 16.5. The van der Waals surface area contributed by atoms with Crippen molar-refractivity contribution in [2.45, 2.75) is 6.42 Å². The maximum Gasteiger partial charge on any atom is 0.251 e. The van der Waals surface area contributed by atoms with Gasteiger partial charge in [-0.05, 0) is 36.2 Å². The highest BCUT2D eigenvalue weighted by Gasteiger charge is 2.09. The fourth-order valence-corrected chi connectivity index (χ4v) is 2.07. The van der Waals surface area contributed by atoms with E-state index in [9.17, 15) is 9.90 Å². The molecule has 5 nitrogen and oxygen atoms in total. The molecule has 2 aromatic carbocycles. The molecule has 22 heavy (non-hydrogen) atoms. The van der Waals surface area contributed by atoms with Crippen molar-refractivity contribution in [1.29, 1.82) is 0 Å². The smallest absolute Gasteiger partial charge is 0.251 e. The molecule has 0 aliphatic carbocycles. The number of benzene rings is 2. The van der Waals surface area contributed by atoms with Crippen molar-refractivity contribution in [3.05, 3.63) is 53.6 Å². The second kappa shape index (κ2) is 7.36. The van der Waals surface area contributed by atoms with Gasteiger partial charge in [0, 0.05) is 18.2 Å². The lowest BCUT2D eigenvalue weighted by Gasteiger charge is -2.09. The molecule has 116 valence electrons. The van der Waals surface area contributed by atoms with E-state index in [1.165, 1.54) is 0 Å². The molecule has 0 unspecified atom stereocenters. The summed E-state index contributed by atoms with van der Waals surface area (Å²) in [6, 6.07) is 12.0. The van der Waals surface area contributed by atoms with E-state index in [1.54, 1.807) is 50.6 Å². The number of hydrogen-bond donors (Lipinski definition) is 2. The van der Waals surface area contributed by atoms with Gasteiger partial charge in [0.25, 0.3) is 5.91 Å². The highest BCUT2D eigenvalue weighted by molar-refractivity contribution is 5.95. The van der Waals surface area contributed by atoms with E-state index in [4.69, 9.17) is 9.47 Å². The number of nitrogens with one attached hydrogen (secondary N) is 1. The lowest BCUT2D eigenvalue weighted by atomic mass is 10.1. The van der Waals surface area contributed by atoms with Crippen molar-refractivity contribution in [2.75, 3.05) is 20.8 Å². The van der Waals surface area contributed by atoms with E-state index in [0.29, 0.717) is 30.0 Å². The Hall–Kier alpha value is -2.69. The topological polar surface area (TPSA) is 67.8 Å². The van der Waals surface area contributed by atoms with Crippen LogP contribution >= 0.6 is 0 Å². The summed E-state index contributed by atoms with van der Waals surface area (Å²) in [5, 5.41) is 12.2. The standard InChI is InChI=1S/C17H19NO4/c1-21-15-9-13(10-16(11-15)22-2)17(20)18-7-6-12-4-3-5-14(19)8-12/h3-5,8-11,19H,6-7H2,1-2H3,(H,18,20). The third-order valence-electron chi connectivity index (χ3n) is 3.22. The van der Waals surface area contributed by atoms with Crippen LogP contribution in [0.2, 0.25) is 0 Å². The fraction of sp³-hybridized carbons (Fsp3) is 0.235. The normalized spacial score (nSPS) is 10.1. The maximum atomic E-state index is 12.2. The molecule has 0 fully saturated rings. The molecule has 0 bridgehead atoms. The molecule has 0 aromatic heterocycles. The van der Waals surface area contributed by atoms with Crippen LogP contribution in [0, 0.1) is 0 Å². The van der Waals surface area contributed by atoms with Crippen molar-refractivity contribution in [3.8, 4) is 17.2 Å². The molecule has 0 aliphatic rings. The minimum atomic E-state index is -0.197. The zero-order valence-electron chi connectivity index (χ0n) is 12.6. The molecular weight excluding hydrogens is 282 g/mol. The molecule has 0 saturated heterocycles. The number of rotatable bonds is 6. The quantitative estimate of drug-likeness (QED) is 0.859. The molecule has 1 amide bonds. The molecular formula is C17H19NO4. The summed E-state index contributed by atoms with van der Waals surface area (Å²) in [4.78, 5) is 12.2. The van der Waals surface area contributed by atoms with Crippen molar-refractivity contribution < 1.29 is 19.4 Å². The Balaban J connectivity index is 1.97.